The zero-order valence-electron chi connectivity index (χ0n) is 13.9. The zero-order valence-corrected chi connectivity index (χ0v) is 13.9. The van der Waals surface area contributed by atoms with E-state index in [1.54, 1.807) is 42.6 Å². The first-order valence-electron chi connectivity index (χ1n) is 8.04. The topological polar surface area (TPSA) is 65.6 Å². The maximum atomic E-state index is 12.8. The summed E-state index contributed by atoms with van der Waals surface area (Å²) in [5.74, 6) is -0.186. The fourth-order valence-electron chi connectivity index (χ4n) is 2.35. The van der Waals surface area contributed by atoms with Crippen LogP contribution in [0.3, 0.4) is 0 Å². The molecule has 0 bridgehead atoms. The molecule has 124 valence electrons. The molecule has 0 atom stereocenters. The molecule has 0 spiro atoms. The van der Waals surface area contributed by atoms with E-state index in [1.807, 2.05) is 48.5 Å². The lowest BCUT2D eigenvalue weighted by Crippen LogP contribution is -2.15. The molecular weight excluding hydrogens is 322 g/mol. The van der Waals surface area contributed by atoms with Crippen LogP contribution < -0.4 is 0 Å². The Balaban J connectivity index is 1.92. The molecule has 0 aromatic heterocycles. The standard InChI is InChI=1S/C22H15N3O/c23-15-17-11-13-18(14-12-17)16-24-25-21(19-7-3-1-4-8-19)22(26)20-9-5-2-6-10-20/h1-14,16H/b24-16+,25-21+. The summed E-state index contributed by atoms with van der Waals surface area (Å²) in [6.07, 6.45) is 1.56. The lowest BCUT2D eigenvalue weighted by atomic mass is 10.0. The van der Waals surface area contributed by atoms with E-state index >= 15 is 0 Å². The normalized spacial score (nSPS) is 11.3. The third-order valence-corrected chi connectivity index (χ3v) is 3.70. The van der Waals surface area contributed by atoms with Crippen molar-refractivity contribution in [2.45, 2.75) is 0 Å². The molecule has 0 amide bonds. The molecule has 4 heteroatoms. The van der Waals surface area contributed by atoms with Crippen molar-refractivity contribution in [1.29, 1.82) is 5.26 Å². The summed E-state index contributed by atoms with van der Waals surface area (Å²) in [7, 11) is 0. The number of rotatable bonds is 5. The largest absolute Gasteiger partial charge is 0.287 e. The number of benzene rings is 3. The van der Waals surface area contributed by atoms with Gasteiger partial charge in [-0.15, -0.1) is 5.10 Å². The lowest BCUT2D eigenvalue weighted by molar-refractivity contribution is 0.106. The number of hydrogen-bond donors (Lipinski definition) is 0. The quantitative estimate of drug-likeness (QED) is 0.396. The Morgan fingerprint density at radius 2 is 1.38 bits per heavy atom. The van der Waals surface area contributed by atoms with Crippen LogP contribution in [0, 0.1) is 11.3 Å². The van der Waals surface area contributed by atoms with Gasteiger partial charge >= 0.3 is 0 Å². The van der Waals surface area contributed by atoms with Gasteiger partial charge in [-0.2, -0.15) is 10.4 Å². The molecule has 3 aromatic rings. The van der Waals surface area contributed by atoms with Gasteiger partial charge < -0.3 is 0 Å². The van der Waals surface area contributed by atoms with Crippen LogP contribution in [-0.4, -0.2) is 17.7 Å². The van der Waals surface area contributed by atoms with Crippen molar-refractivity contribution in [3.8, 4) is 6.07 Å². The minimum absolute atomic E-state index is 0.186. The van der Waals surface area contributed by atoms with Crippen molar-refractivity contribution in [3.63, 3.8) is 0 Å². The first-order chi connectivity index (χ1) is 12.8. The number of Topliss-reactive ketones (excluding diaryl/α,β-unsaturated/α-hetero) is 1. The van der Waals surface area contributed by atoms with E-state index in [2.05, 4.69) is 16.3 Å². The molecule has 4 nitrogen and oxygen atoms in total. The van der Waals surface area contributed by atoms with Crippen molar-refractivity contribution in [1.82, 2.24) is 0 Å². The summed E-state index contributed by atoms with van der Waals surface area (Å²) in [6.45, 7) is 0. The Morgan fingerprint density at radius 1 is 0.808 bits per heavy atom. The molecule has 0 radical (unpaired) electrons. The molecule has 3 aromatic carbocycles. The van der Waals surface area contributed by atoms with Gasteiger partial charge in [0, 0.05) is 11.1 Å². The van der Waals surface area contributed by atoms with E-state index in [0.29, 0.717) is 16.7 Å². The average Bonchev–Trinajstić information content (AvgIpc) is 2.72. The van der Waals surface area contributed by atoms with E-state index in [1.165, 1.54) is 0 Å². The molecule has 0 fully saturated rings. The summed E-state index contributed by atoms with van der Waals surface area (Å²) in [6, 6.07) is 27.3. The van der Waals surface area contributed by atoms with Gasteiger partial charge in [-0.05, 0) is 17.7 Å². The van der Waals surface area contributed by atoms with Gasteiger partial charge in [0.25, 0.3) is 0 Å². The number of nitriles is 1. The van der Waals surface area contributed by atoms with Gasteiger partial charge in [0.05, 0.1) is 17.8 Å². The van der Waals surface area contributed by atoms with E-state index < -0.39 is 0 Å². The molecule has 0 N–H and O–H groups in total. The second kappa shape index (κ2) is 8.32. The Bertz CT molecular complexity index is 983. The smallest absolute Gasteiger partial charge is 0.213 e. The number of carbonyl (C=O) groups excluding carboxylic acids is 1. The highest BCUT2D eigenvalue weighted by Crippen LogP contribution is 2.10. The first-order valence-corrected chi connectivity index (χ1v) is 8.04. The predicted octanol–water partition coefficient (Wildman–Crippen LogP) is 4.26. The minimum atomic E-state index is -0.186. The van der Waals surface area contributed by atoms with Crippen molar-refractivity contribution in [2.75, 3.05) is 0 Å². The maximum absolute atomic E-state index is 12.8. The maximum Gasteiger partial charge on any atom is 0.213 e. The van der Waals surface area contributed by atoms with E-state index in [-0.39, 0.29) is 11.5 Å². The van der Waals surface area contributed by atoms with Crippen LogP contribution in [0.15, 0.2) is 95.1 Å². The Labute approximate surface area is 151 Å². The molecule has 0 heterocycles. The van der Waals surface area contributed by atoms with Gasteiger partial charge in [-0.3, -0.25) is 4.79 Å². The fourth-order valence-corrected chi connectivity index (χ4v) is 2.35. The average molecular weight is 337 g/mol. The fraction of sp³-hybridized carbons (Fsp3) is 0. The summed E-state index contributed by atoms with van der Waals surface area (Å²) in [5.41, 5.74) is 2.92. The van der Waals surface area contributed by atoms with E-state index in [9.17, 15) is 4.79 Å². The predicted molar refractivity (Wildman–Crippen MR) is 103 cm³/mol. The van der Waals surface area contributed by atoms with Crippen LogP contribution in [0.4, 0.5) is 0 Å². The van der Waals surface area contributed by atoms with Crippen LogP contribution in [0.2, 0.25) is 0 Å². The van der Waals surface area contributed by atoms with Crippen molar-refractivity contribution >= 4 is 17.7 Å². The van der Waals surface area contributed by atoms with Gasteiger partial charge in [0.15, 0.2) is 0 Å². The van der Waals surface area contributed by atoms with Crippen LogP contribution in [0.25, 0.3) is 0 Å². The van der Waals surface area contributed by atoms with Gasteiger partial charge in [0.2, 0.25) is 5.78 Å². The summed E-state index contributed by atoms with van der Waals surface area (Å²) < 4.78 is 0. The monoisotopic (exact) mass is 337 g/mol. The van der Waals surface area contributed by atoms with Gasteiger partial charge in [0.1, 0.15) is 5.71 Å². The number of hydrogen-bond acceptors (Lipinski definition) is 4. The van der Waals surface area contributed by atoms with Crippen LogP contribution in [0.1, 0.15) is 27.0 Å². The van der Waals surface area contributed by atoms with Gasteiger partial charge in [-0.1, -0.05) is 72.8 Å². The third-order valence-electron chi connectivity index (χ3n) is 3.70. The van der Waals surface area contributed by atoms with Crippen LogP contribution in [-0.2, 0) is 0 Å². The summed E-state index contributed by atoms with van der Waals surface area (Å²) in [4.78, 5) is 12.8. The van der Waals surface area contributed by atoms with E-state index in [0.717, 1.165) is 5.56 Å². The lowest BCUT2D eigenvalue weighted by Gasteiger charge is -2.04. The number of ketones is 1. The molecule has 26 heavy (non-hydrogen) atoms. The third kappa shape index (κ3) is 4.16. The highest BCUT2D eigenvalue weighted by molar-refractivity contribution is 6.51. The van der Waals surface area contributed by atoms with Crippen molar-refractivity contribution in [3.05, 3.63) is 107 Å². The molecule has 0 unspecified atom stereocenters. The number of carbonyl (C=O) groups is 1. The van der Waals surface area contributed by atoms with Crippen LogP contribution >= 0.6 is 0 Å². The number of nitrogens with zero attached hydrogens (tertiary/aromatic N) is 3. The zero-order chi connectivity index (χ0) is 18.2. The highest BCUT2D eigenvalue weighted by atomic mass is 16.1. The van der Waals surface area contributed by atoms with Crippen molar-refractivity contribution < 1.29 is 4.79 Å². The Kier molecular flexibility index (Phi) is 5.44. The molecular formula is C22H15N3O. The molecule has 0 aliphatic heterocycles. The summed E-state index contributed by atoms with van der Waals surface area (Å²) >= 11 is 0. The minimum Gasteiger partial charge on any atom is -0.287 e. The summed E-state index contributed by atoms with van der Waals surface area (Å²) in [5, 5.41) is 17.1. The first kappa shape index (κ1) is 17.0. The molecule has 0 saturated carbocycles. The second-order valence-electron chi connectivity index (χ2n) is 5.49. The molecule has 0 aliphatic carbocycles. The van der Waals surface area contributed by atoms with E-state index in [4.69, 9.17) is 5.26 Å². The second-order valence-corrected chi connectivity index (χ2v) is 5.49. The van der Waals surface area contributed by atoms with Crippen LogP contribution in [0.5, 0.6) is 0 Å². The molecule has 0 aliphatic rings. The Morgan fingerprint density at radius 3 is 1.96 bits per heavy atom. The molecule has 0 saturated heterocycles. The van der Waals surface area contributed by atoms with Crippen molar-refractivity contribution in [2.24, 2.45) is 10.2 Å². The Hall–Kier alpha value is -3.84. The molecule has 3 rings (SSSR count). The highest BCUT2D eigenvalue weighted by Gasteiger charge is 2.15. The van der Waals surface area contributed by atoms with Gasteiger partial charge in [-0.25, -0.2) is 0 Å². The SMILES string of the molecule is N#Cc1ccc(/C=N/N=C(/C(=O)c2ccccc2)c2ccccc2)cc1.